The van der Waals surface area contributed by atoms with Gasteiger partial charge in [0.1, 0.15) is 17.9 Å². The molecule has 2 aliphatic rings. The Hall–Kier alpha value is -3.11. The number of hydrogen-bond donors (Lipinski definition) is 2. The maximum Gasteiger partial charge on any atom is 0.157 e. The van der Waals surface area contributed by atoms with E-state index in [1.807, 2.05) is 37.6 Å². The molecule has 0 amide bonds. The molecule has 2 saturated heterocycles. The van der Waals surface area contributed by atoms with E-state index in [1.165, 1.54) is 0 Å². The number of hydrogen-bond acceptors (Lipinski definition) is 8. The average molecular weight is 550 g/mol. The molecule has 10 heteroatoms. The number of aromatic nitrogens is 3. The molecule has 6 rings (SSSR count). The van der Waals surface area contributed by atoms with E-state index >= 15 is 0 Å². The van der Waals surface area contributed by atoms with E-state index in [4.69, 9.17) is 26.1 Å². The number of imidazole rings is 1. The lowest BCUT2D eigenvalue weighted by molar-refractivity contribution is 0.0323. The first-order valence-electron chi connectivity index (χ1n) is 13.7. The molecule has 2 aromatic carbocycles. The Labute approximate surface area is 234 Å². The van der Waals surface area contributed by atoms with Gasteiger partial charge in [-0.2, -0.15) is 0 Å². The van der Waals surface area contributed by atoms with Gasteiger partial charge in [-0.3, -0.25) is 9.30 Å². The van der Waals surface area contributed by atoms with E-state index in [9.17, 15) is 0 Å². The largest absolute Gasteiger partial charge is 0.490 e. The highest BCUT2D eigenvalue weighted by molar-refractivity contribution is 6.33. The number of aryl methyl sites for hydroxylation is 1. The van der Waals surface area contributed by atoms with Crippen LogP contribution in [-0.4, -0.2) is 83.9 Å². The number of nitrogens with zero attached hydrogens (tertiary/aromatic N) is 5. The molecule has 0 aliphatic carbocycles. The summed E-state index contributed by atoms with van der Waals surface area (Å²) >= 11 is 6.54. The summed E-state index contributed by atoms with van der Waals surface area (Å²) in [4.78, 5) is 14.3. The molecule has 4 heterocycles. The number of anilines is 3. The number of para-hydroxylation sites is 1. The summed E-state index contributed by atoms with van der Waals surface area (Å²) in [7, 11) is 0. The van der Waals surface area contributed by atoms with Crippen LogP contribution < -0.4 is 20.3 Å². The molecule has 2 N–H and O–H groups in total. The first-order valence-corrected chi connectivity index (χ1v) is 14.1. The van der Waals surface area contributed by atoms with E-state index in [0.29, 0.717) is 29.5 Å². The zero-order valence-electron chi connectivity index (χ0n) is 22.8. The number of fused-ring (bicyclic) bond motifs is 3. The van der Waals surface area contributed by atoms with E-state index in [1.54, 1.807) is 0 Å². The van der Waals surface area contributed by atoms with Crippen molar-refractivity contribution in [3.8, 4) is 5.75 Å². The van der Waals surface area contributed by atoms with Crippen LogP contribution in [-0.2, 0) is 4.74 Å². The third-order valence-corrected chi connectivity index (χ3v) is 7.88. The Morgan fingerprint density at radius 1 is 1.13 bits per heavy atom. The van der Waals surface area contributed by atoms with Gasteiger partial charge in [0.2, 0.25) is 0 Å². The lowest BCUT2D eigenvalue weighted by atomic mass is 10.1. The Morgan fingerprint density at radius 3 is 2.69 bits per heavy atom. The number of ether oxygens (including phenoxy) is 2. The molecule has 0 unspecified atom stereocenters. The highest BCUT2D eigenvalue weighted by atomic mass is 35.5. The SMILES string of the molecule is Cc1cccc(Cl)c1Nc1nc2cc(OCCN3CCOCC3)c(N3C[C@@H](C)N[C@@H](C)C3)cc2n2cncc12. The summed E-state index contributed by atoms with van der Waals surface area (Å²) in [5.41, 5.74) is 5.68. The molecular formula is C29H36ClN7O2. The minimum Gasteiger partial charge on any atom is -0.490 e. The van der Waals surface area contributed by atoms with Gasteiger partial charge >= 0.3 is 0 Å². The molecule has 4 aromatic rings. The topological polar surface area (TPSA) is 79.2 Å². The summed E-state index contributed by atoms with van der Waals surface area (Å²) < 4.78 is 14.1. The van der Waals surface area contributed by atoms with Crippen molar-refractivity contribution in [1.82, 2.24) is 24.6 Å². The Balaban J connectivity index is 1.40. The predicted molar refractivity (Wildman–Crippen MR) is 157 cm³/mol. The number of piperazine rings is 1. The zero-order chi connectivity index (χ0) is 26.9. The van der Waals surface area contributed by atoms with Crippen LogP contribution in [0.5, 0.6) is 5.75 Å². The molecule has 2 aromatic heterocycles. The van der Waals surface area contributed by atoms with Crippen LogP contribution in [0.2, 0.25) is 5.02 Å². The number of benzene rings is 2. The number of rotatable bonds is 7. The van der Waals surface area contributed by atoms with E-state index < -0.39 is 0 Å². The van der Waals surface area contributed by atoms with Gasteiger partial charge in [-0.1, -0.05) is 23.7 Å². The first kappa shape index (κ1) is 26.1. The van der Waals surface area contributed by atoms with Crippen molar-refractivity contribution in [2.45, 2.75) is 32.9 Å². The maximum absolute atomic E-state index is 6.54. The highest BCUT2D eigenvalue weighted by Gasteiger charge is 2.25. The van der Waals surface area contributed by atoms with Gasteiger partial charge in [0.15, 0.2) is 5.82 Å². The number of halogens is 1. The monoisotopic (exact) mass is 549 g/mol. The van der Waals surface area contributed by atoms with Crippen LogP contribution in [0.15, 0.2) is 42.9 Å². The summed E-state index contributed by atoms with van der Waals surface area (Å²) in [5, 5.41) is 7.77. The molecule has 9 nitrogen and oxygen atoms in total. The van der Waals surface area contributed by atoms with Crippen molar-refractivity contribution < 1.29 is 9.47 Å². The van der Waals surface area contributed by atoms with Crippen molar-refractivity contribution in [3.63, 3.8) is 0 Å². The molecule has 206 valence electrons. The summed E-state index contributed by atoms with van der Waals surface area (Å²) in [5.74, 6) is 1.55. The van der Waals surface area contributed by atoms with Crippen LogP contribution in [0, 0.1) is 6.92 Å². The fraction of sp³-hybridized carbons (Fsp3) is 0.448. The minimum atomic E-state index is 0.377. The molecule has 2 fully saturated rings. The second kappa shape index (κ2) is 11.2. The van der Waals surface area contributed by atoms with Gasteiger partial charge in [0.05, 0.1) is 53.2 Å². The van der Waals surface area contributed by atoms with Gasteiger partial charge in [-0.15, -0.1) is 0 Å². The van der Waals surface area contributed by atoms with Crippen LogP contribution >= 0.6 is 11.6 Å². The maximum atomic E-state index is 6.54. The lowest BCUT2D eigenvalue weighted by Crippen LogP contribution is -2.54. The van der Waals surface area contributed by atoms with Crippen molar-refractivity contribution in [2.75, 3.05) is 62.8 Å². The lowest BCUT2D eigenvalue weighted by Gasteiger charge is -2.38. The summed E-state index contributed by atoms with van der Waals surface area (Å²) in [6.45, 7) is 13.2. The molecule has 39 heavy (non-hydrogen) atoms. The molecule has 2 aliphatic heterocycles. The highest BCUT2D eigenvalue weighted by Crippen LogP contribution is 2.37. The van der Waals surface area contributed by atoms with Gasteiger partial charge in [-0.25, -0.2) is 9.97 Å². The predicted octanol–water partition coefficient (Wildman–Crippen LogP) is 4.49. The summed E-state index contributed by atoms with van der Waals surface area (Å²) in [6.07, 6.45) is 3.68. The van der Waals surface area contributed by atoms with Gasteiger partial charge in [0.25, 0.3) is 0 Å². The first-order chi connectivity index (χ1) is 19.0. The molecule has 2 atom stereocenters. The minimum absolute atomic E-state index is 0.377. The number of nitrogens with one attached hydrogen (secondary N) is 2. The van der Waals surface area contributed by atoms with E-state index in [-0.39, 0.29) is 0 Å². The third kappa shape index (κ3) is 5.49. The Kier molecular flexibility index (Phi) is 7.49. The molecule has 0 radical (unpaired) electrons. The van der Waals surface area contributed by atoms with Crippen molar-refractivity contribution in [2.24, 2.45) is 0 Å². The second-order valence-electron chi connectivity index (χ2n) is 10.7. The number of morpholine rings is 1. The summed E-state index contributed by atoms with van der Waals surface area (Å²) in [6, 6.07) is 10.9. The fourth-order valence-electron chi connectivity index (χ4n) is 5.67. The average Bonchev–Trinajstić information content (AvgIpc) is 3.41. The normalized spacial score (nSPS) is 20.6. The molecule has 0 saturated carbocycles. The standard InChI is InChI=1S/C29H36ClN7O2/c1-19-5-4-6-22(30)28(19)34-29-26-15-31-18-37(26)24-14-25(36-16-20(2)32-21(3)17-36)27(13-23(24)33-29)39-12-9-35-7-10-38-11-8-35/h4-6,13-15,18,20-21,32H,7-12,16-17H2,1-3H3,(H,33,34)/t20-,21+. The molecular weight excluding hydrogens is 514 g/mol. The molecule has 0 bridgehead atoms. The zero-order valence-corrected chi connectivity index (χ0v) is 23.5. The van der Waals surface area contributed by atoms with Crippen molar-refractivity contribution in [3.05, 3.63) is 53.4 Å². The fourth-order valence-corrected chi connectivity index (χ4v) is 5.93. The van der Waals surface area contributed by atoms with Crippen LogP contribution in [0.3, 0.4) is 0 Å². The second-order valence-corrected chi connectivity index (χ2v) is 11.1. The Morgan fingerprint density at radius 2 is 1.92 bits per heavy atom. The van der Waals surface area contributed by atoms with Crippen molar-refractivity contribution in [1.29, 1.82) is 0 Å². The van der Waals surface area contributed by atoms with Crippen LogP contribution in [0.1, 0.15) is 19.4 Å². The van der Waals surface area contributed by atoms with Gasteiger partial charge in [-0.05, 0) is 38.5 Å². The van der Waals surface area contributed by atoms with Gasteiger partial charge < -0.3 is 25.0 Å². The van der Waals surface area contributed by atoms with E-state index in [2.05, 4.69) is 55.8 Å². The van der Waals surface area contributed by atoms with Gasteiger partial charge in [0, 0.05) is 50.9 Å². The quantitative estimate of drug-likeness (QED) is 0.349. The third-order valence-electron chi connectivity index (χ3n) is 7.56. The molecule has 0 spiro atoms. The Bertz CT molecular complexity index is 1440. The van der Waals surface area contributed by atoms with Crippen molar-refractivity contribution >= 4 is 45.3 Å². The van der Waals surface area contributed by atoms with E-state index in [0.717, 1.165) is 85.2 Å². The van der Waals surface area contributed by atoms with Crippen LogP contribution in [0.25, 0.3) is 16.6 Å². The van der Waals surface area contributed by atoms with Crippen LogP contribution in [0.4, 0.5) is 17.2 Å². The smallest absolute Gasteiger partial charge is 0.157 e.